The van der Waals surface area contributed by atoms with E-state index >= 15 is 0 Å². The minimum atomic E-state index is -0.0822. The average Bonchev–Trinajstić information content (AvgIpc) is 2.73. The molecule has 1 N–H and O–H groups in total. The number of ether oxygens (including phenoxy) is 1. The molecule has 1 unspecified atom stereocenters. The van der Waals surface area contributed by atoms with Gasteiger partial charge in [0.05, 0.1) is 6.04 Å². The zero-order valence-electron chi connectivity index (χ0n) is 11.5. The zero-order valence-corrected chi connectivity index (χ0v) is 11.5. The molecule has 0 radical (unpaired) electrons. The van der Waals surface area contributed by atoms with Gasteiger partial charge in [0, 0.05) is 6.92 Å². The quantitative estimate of drug-likeness (QED) is 0.799. The lowest BCUT2D eigenvalue weighted by Gasteiger charge is -2.22. The minimum Gasteiger partial charge on any atom is -0.477 e. The number of hydrogen-bond acceptors (Lipinski definition) is 3. The first-order chi connectivity index (χ1) is 7.95. The van der Waals surface area contributed by atoms with Crippen molar-refractivity contribution in [2.45, 2.75) is 53.1 Å². The van der Waals surface area contributed by atoms with Crippen LogP contribution in [-0.2, 0) is 9.53 Å². The first kappa shape index (κ1) is 14.0. The Morgan fingerprint density at radius 2 is 2.18 bits per heavy atom. The molecule has 1 aliphatic rings. The van der Waals surface area contributed by atoms with Gasteiger partial charge in [-0.15, -0.1) is 0 Å². The summed E-state index contributed by atoms with van der Waals surface area (Å²) in [5.74, 6) is 1.48. The summed E-state index contributed by atoms with van der Waals surface area (Å²) in [7, 11) is 0. The van der Waals surface area contributed by atoms with Crippen molar-refractivity contribution in [3.8, 4) is 0 Å². The Labute approximate surface area is 104 Å². The molecule has 0 aliphatic carbocycles. The van der Waals surface area contributed by atoms with Gasteiger partial charge in [0.15, 0.2) is 0 Å². The van der Waals surface area contributed by atoms with Gasteiger partial charge in [-0.2, -0.15) is 0 Å². The molecular weight excluding hydrogens is 216 g/mol. The summed E-state index contributed by atoms with van der Waals surface area (Å²) in [6, 6.07) is 0.145. The maximum absolute atomic E-state index is 11.2. The van der Waals surface area contributed by atoms with E-state index in [0.29, 0.717) is 24.3 Å². The summed E-state index contributed by atoms with van der Waals surface area (Å²) in [6.07, 6.45) is 0.986. The highest BCUT2D eigenvalue weighted by molar-refractivity contribution is 5.88. The predicted octanol–water partition coefficient (Wildman–Crippen LogP) is 1.99. The summed E-state index contributed by atoms with van der Waals surface area (Å²) in [5, 5.41) is 2.94. The van der Waals surface area contributed by atoms with Gasteiger partial charge in [0.2, 0.25) is 11.8 Å². The van der Waals surface area contributed by atoms with Crippen LogP contribution in [0.15, 0.2) is 4.99 Å². The molecule has 0 saturated heterocycles. The van der Waals surface area contributed by atoms with Crippen molar-refractivity contribution in [2.75, 3.05) is 6.61 Å². The third-order valence-corrected chi connectivity index (χ3v) is 3.30. The second kappa shape index (κ2) is 6.03. The van der Waals surface area contributed by atoms with Crippen molar-refractivity contribution >= 4 is 11.8 Å². The Morgan fingerprint density at radius 1 is 1.53 bits per heavy atom. The first-order valence-electron chi connectivity index (χ1n) is 6.43. The molecule has 0 saturated carbocycles. The van der Waals surface area contributed by atoms with E-state index in [1.54, 1.807) is 0 Å². The third-order valence-electron chi connectivity index (χ3n) is 3.30. The van der Waals surface area contributed by atoms with Crippen LogP contribution in [0.3, 0.4) is 0 Å². The molecule has 98 valence electrons. The molecule has 0 aromatic carbocycles. The van der Waals surface area contributed by atoms with Crippen molar-refractivity contribution < 1.29 is 9.53 Å². The fourth-order valence-electron chi connectivity index (χ4n) is 1.82. The van der Waals surface area contributed by atoms with Gasteiger partial charge < -0.3 is 10.1 Å². The van der Waals surface area contributed by atoms with Crippen LogP contribution in [0.5, 0.6) is 0 Å². The van der Waals surface area contributed by atoms with Crippen LogP contribution in [0.25, 0.3) is 0 Å². The van der Waals surface area contributed by atoms with Crippen molar-refractivity contribution in [1.29, 1.82) is 0 Å². The molecule has 0 fully saturated rings. The standard InChI is InChI=1S/C13H24N2O2/c1-6-9(4)12(14-10(5)16)13-15-11(7-17-13)8(2)3/h8-9,11-12H,6-7H2,1-5H3,(H,14,16)/t9-,11?,12-/m0/s1. The predicted molar refractivity (Wildman–Crippen MR) is 69.1 cm³/mol. The number of hydrogen-bond donors (Lipinski definition) is 1. The third kappa shape index (κ3) is 3.72. The number of carbonyl (C=O) groups is 1. The molecule has 1 rings (SSSR count). The van der Waals surface area contributed by atoms with E-state index in [2.05, 4.69) is 38.0 Å². The maximum Gasteiger partial charge on any atom is 0.217 e. The second-order valence-corrected chi connectivity index (χ2v) is 5.15. The number of amides is 1. The fraction of sp³-hybridized carbons (Fsp3) is 0.846. The summed E-state index contributed by atoms with van der Waals surface area (Å²) in [5.41, 5.74) is 0. The van der Waals surface area contributed by atoms with Crippen molar-refractivity contribution in [3.63, 3.8) is 0 Å². The lowest BCUT2D eigenvalue weighted by atomic mass is 9.99. The van der Waals surface area contributed by atoms with Crippen LogP contribution in [0.2, 0.25) is 0 Å². The topological polar surface area (TPSA) is 50.7 Å². The van der Waals surface area contributed by atoms with E-state index in [0.717, 1.165) is 6.42 Å². The number of nitrogens with zero attached hydrogens (tertiary/aromatic N) is 1. The number of nitrogens with one attached hydrogen (secondary N) is 1. The molecule has 17 heavy (non-hydrogen) atoms. The second-order valence-electron chi connectivity index (χ2n) is 5.15. The van der Waals surface area contributed by atoms with Crippen molar-refractivity contribution in [3.05, 3.63) is 0 Å². The zero-order chi connectivity index (χ0) is 13.0. The highest BCUT2D eigenvalue weighted by Gasteiger charge is 2.30. The Hall–Kier alpha value is -1.06. The molecule has 4 heteroatoms. The van der Waals surface area contributed by atoms with Gasteiger partial charge in [-0.25, -0.2) is 4.99 Å². The van der Waals surface area contributed by atoms with Gasteiger partial charge in [0.25, 0.3) is 0 Å². The Kier molecular flexibility index (Phi) is 4.97. The summed E-state index contributed by atoms with van der Waals surface area (Å²) < 4.78 is 5.65. The van der Waals surface area contributed by atoms with Gasteiger partial charge >= 0.3 is 0 Å². The summed E-state index contributed by atoms with van der Waals surface area (Å²) >= 11 is 0. The monoisotopic (exact) mass is 240 g/mol. The van der Waals surface area contributed by atoms with Gasteiger partial charge in [-0.1, -0.05) is 34.1 Å². The molecule has 0 bridgehead atoms. The molecular formula is C13H24N2O2. The largest absolute Gasteiger partial charge is 0.477 e. The summed E-state index contributed by atoms with van der Waals surface area (Å²) in [4.78, 5) is 15.8. The summed E-state index contributed by atoms with van der Waals surface area (Å²) in [6.45, 7) is 10.7. The molecule has 0 aromatic heterocycles. The van der Waals surface area contributed by atoms with Gasteiger partial charge in [-0.3, -0.25) is 4.79 Å². The molecule has 0 spiro atoms. The van der Waals surface area contributed by atoms with E-state index in [1.165, 1.54) is 6.92 Å². The molecule has 0 aromatic rings. The molecule has 1 aliphatic heterocycles. The molecule has 3 atom stereocenters. The van der Waals surface area contributed by atoms with Crippen molar-refractivity contribution in [2.24, 2.45) is 16.8 Å². The van der Waals surface area contributed by atoms with Crippen LogP contribution in [0, 0.1) is 11.8 Å². The maximum atomic E-state index is 11.2. The van der Waals surface area contributed by atoms with Gasteiger partial charge in [-0.05, 0) is 11.8 Å². The van der Waals surface area contributed by atoms with Gasteiger partial charge in [0.1, 0.15) is 12.6 Å². The van der Waals surface area contributed by atoms with E-state index < -0.39 is 0 Å². The minimum absolute atomic E-state index is 0.0328. The van der Waals surface area contributed by atoms with Crippen LogP contribution in [0.4, 0.5) is 0 Å². The number of aliphatic imine (C=N–C) groups is 1. The van der Waals surface area contributed by atoms with Crippen LogP contribution < -0.4 is 5.32 Å². The molecule has 1 amide bonds. The molecule has 4 nitrogen and oxygen atoms in total. The van der Waals surface area contributed by atoms with Crippen LogP contribution >= 0.6 is 0 Å². The van der Waals surface area contributed by atoms with E-state index in [1.807, 2.05) is 0 Å². The van der Waals surface area contributed by atoms with E-state index in [-0.39, 0.29) is 18.0 Å². The number of rotatable bonds is 5. The molecule has 1 heterocycles. The van der Waals surface area contributed by atoms with E-state index in [4.69, 9.17) is 4.74 Å². The average molecular weight is 240 g/mol. The Morgan fingerprint density at radius 3 is 2.59 bits per heavy atom. The highest BCUT2D eigenvalue weighted by atomic mass is 16.5. The van der Waals surface area contributed by atoms with Crippen LogP contribution in [0.1, 0.15) is 41.0 Å². The van der Waals surface area contributed by atoms with Crippen LogP contribution in [-0.4, -0.2) is 30.5 Å². The van der Waals surface area contributed by atoms with E-state index in [9.17, 15) is 4.79 Å². The normalized spacial score (nSPS) is 22.9. The first-order valence-corrected chi connectivity index (χ1v) is 6.43. The SMILES string of the molecule is CC[C@H](C)[C@H](NC(C)=O)C1=NC(C(C)C)CO1. The fourth-order valence-corrected chi connectivity index (χ4v) is 1.82. The lowest BCUT2D eigenvalue weighted by Crippen LogP contribution is -2.44. The van der Waals surface area contributed by atoms with Crippen molar-refractivity contribution in [1.82, 2.24) is 5.32 Å². The highest BCUT2D eigenvalue weighted by Crippen LogP contribution is 2.19. The number of carbonyl (C=O) groups excluding carboxylic acids is 1. The smallest absolute Gasteiger partial charge is 0.217 e. The Bertz CT molecular complexity index is 300. The lowest BCUT2D eigenvalue weighted by molar-refractivity contribution is -0.119. The Balaban J connectivity index is 2.77.